The van der Waals surface area contributed by atoms with Crippen LogP contribution in [0.5, 0.6) is 5.75 Å². The van der Waals surface area contributed by atoms with Crippen molar-refractivity contribution in [2.75, 3.05) is 11.9 Å². The van der Waals surface area contributed by atoms with E-state index in [4.69, 9.17) is 27.9 Å². The van der Waals surface area contributed by atoms with Gasteiger partial charge in [0.15, 0.2) is 0 Å². The van der Waals surface area contributed by atoms with Gasteiger partial charge in [0.2, 0.25) is 11.8 Å². The summed E-state index contributed by atoms with van der Waals surface area (Å²) in [5.41, 5.74) is 1.01. The summed E-state index contributed by atoms with van der Waals surface area (Å²) in [5.74, 6) is -1.39. The number of hydrogen-bond acceptors (Lipinski definition) is 4. The van der Waals surface area contributed by atoms with Crippen molar-refractivity contribution in [3.63, 3.8) is 0 Å². The molecule has 2 fully saturated rings. The molecule has 210 valence electrons. The molecule has 1 saturated heterocycles. The molecule has 6 rings (SSSR count). The molecular formula is C32H28Cl2FN3O3. The van der Waals surface area contributed by atoms with Crippen molar-refractivity contribution in [1.82, 2.24) is 5.32 Å². The molecule has 3 aromatic carbocycles. The fourth-order valence-corrected chi connectivity index (χ4v) is 7.27. The summed E-state index contributed by atoms with van der Waals surface area (Å²) in [6.07, 6.45) is 3.38. The molecule has 9 heteroatoms. The Morgan fingerprint density at radius 2 is 1.76 bits per heavy atom. The number of nitrogens with zero attached hydrogens (tertiary/aromatic N) is 1. The highest BCUT2D eigenvalue weighted by Crippen LogP contribution is 2.59. The third-order valence-corrected chi connectivity index (χ3v) is 9.42. The molecule has 6 nitrogen and oxygen atoms in total. The van der Waals surface area contributed by atoms with E-state index in [1.165, 1.54) is 12.1 Å². The van der Waals surface area contributed by atoms with Gasteiger partial charge in [-0.2, -0.15) is 5.26 Å². The van der Waals surface area contributed by atoms with Crippen LogP contribution in [0, 0.1) is 29.5 Å². The zero-order chi connectivity index (χ0) is 28.9. The molecule has 2 heterocycles. The lowest BCUT2D eigenvalue weighted by atomic mass is 9.59. The number of carbonyl (C=O) groups excluding carboxylic acids is 2. The fourth-order valence-electron chi connectivity index (χ4n) is 6.92. The van der Waals surface area contributed by atoms with Gasteiger partial charge in [0.25, 0.3) is 0 Å². The predicted octanol–water partition coefficient (Wildman–Crippen LogP) is 7.14. The number of aryl methyl sites for hydroxylation is 1. The first-order valence-corrected chi connectivity index (χ1v) is 14.4. The molecule has 1 unspecified atom stereocenters. The lowest BCUT2D eigenvalue weighted by Gasteiger charge is -2.47. The molecule has 0 aromatic heterocycles. The average Bonchev–Trinajstić information content (AvgIpc) is 3.53. The largest absolute Gasteiger partial charge is 0.492 e. The molecule has 3 aromatic rings. The Labute approximate surface area is 247 Å². The highest BCUT2D eigenvalue weighted by molar-refractivity contribution is 6.31. The minimum Gasteiger partial charge on any atom is -0.492 e. The summed E-state index contributed by atoms with van der Waals surface area (Å²) in [6, 6.07) is 16.2. The van der Waals surface area contributed by atoms with E-state index in [0.717, 1.165) is 31.2 Å². The number of ether oxygens (including phenoxy) is 1. The number of fused-ring (bicyclic) bond motifs is 2. The Morgan fingerprint density at radius 1 is 1.02 bits per heavy atom. The molecule has 3 atom stereocenters. The van der Waals surface area contributed by atoms with E-state index < -0.39 is 28.6 Å². The lowest BCUT2D eigenvalue weighted by molar-refractivity contribution is -0.131. The van der Waals surface area contributed by atoms with Crippen molar-refractivity contribution in [3.05, 3.63) is 92.7 Å². The van der Waals surface area contributed by atoms with Gasteiger partial charge < -0.3 is 15.4 Å². The van der Waals surface area contributed by atoms with Crippen LogP contribution in [0.4, 0.5) is 10.1 Å². The van der Waals surface area contributed by atoms with Gasteiger partial charge in [-0.05, 0) is 78.9 Å². The van der Waals surface area contributed by atoms with Gasteiger partial charge in [0.1, 0.15) is 23.6 Å². The highest BCUT2D eigenvalue weighted by atomic mass is 35.5. The van der Waals surface area contributed by atoms with Crippen molar-refractivity contribution in [1.29, 1.82) is 5.26 Å². The number of anilines is 1. The van der Waals surface area contributed by atoms with E-state index in [1.807, 2.05) is 6.92 Å². The second-order valence-electron chi connectivity index (χ2n) is 11.3. The van der Waals surface area contributed by atoms with Crippen LogP contribution in [-0.2, 0) is 15.0 Å². The van der Waals surface area contributed by atoms with Crippen LogP contribution in [0.3, 0.4) is 0 Å². The second-order valence-corrected chi connectivity index (χ2v) is 12.2. The summed E-state index contributed by atoms with van der Waals surface area (Å²) in [7, 11) is 0. The number of hydrogen-bond donors (Lipinski definition) is 2. The van der Waals surface area contributed by atoms with Crippen molar-refractivity contribution < 1.29 is 18.7 Å². The molecule has 3 aliphatic rings. The third kappa shape index (κ3) is 4.54. The SMILES string of the molecule is Cc1ccc(F)cc1[C@@H]1NC(=O)C[C@H](c2cc(Cl)ccc2OCC2(C#N)CCCC2)C12C(=O)Nc1cc(Cl)ccc12. The quantitative estimate of drug-likeness (QED) is 0.330. The predicted molar refractivity (Wildman–Crippen MR) is 155 cm³/mol. The van der Waals surface area contributed by atoms with E-state index >= 15 is 0 Å². The summed E-state index contributed by atoms with van der Waals surface area (Å²) in [5, 5.41) is 16.8. The van der Waals surface area contributed by atoms with E-state index in [-0.39, 0.29) is 24.8 Å². The number of nitrogens with one attached hydrogen (secondary N) is 2. The summed E-state index contributed by atoms with van der Waals surface area (Å²) < 4.78 is 21.0. The molecule has 2 N–H and O–H groups in total. The molecule has 1 aliphatic carbocycles. The normalized spacial score (nSPS) is 24.5. The first-order chi connectivity index (χ1) is 19.7. The van der Waals surface area contributed by atoms with E-state index in [0.29, 0.717) is 38.2 Å². The van der Waals surface area contributed by atoms with Crippen LogP contribution >= 0.6 is 23.2 Å². The van der Waals surface area contributed by atoms with Gasteiger partial charge in [-0.3, -0.25) is 9.59 Å². The van der Waals surface area contributed by atoms with Crippen molar-refractivity contribution >= 4 is 40.7 Å². The van der Waals surface area contributed by atoms with E-state index in [1.54, 1.807) is 42.5 Å². The molecule has 2 aliphatic heterocycles. The number of halogens is 3. The molecule has 2 amide bonds. The van der Waals surface area contributed by atoms with Gasteiger partial charge in [-0.25, -0.2) is 4.39 Å². The maximum absolute atomic E-state index is 14.7. The van der Waals surface area contributed by atoms with Crippen molar-refractivity contribution in [2.24, 2.45) is 5.41 Å². The van der Waals surface area contributed by atoms with Crippen LogP contribution < -0.4 is 15.4 Å². The maximum Gasteiger partial charge on any atom is 0.238 e. The first kappa shape index (κ1) is 27.6. The van der Waals surface area contributed by atoms with Crippen LogP contribution in [0.2, 0.25) is 10.0 Å². The zero-order valence-electron chi connectivity index (χ0n) is 22.4. The van der Waals surface area contributed by atoms with Gasteiger partial charge in [-0.15, -0.1) is 0 Å². The van der Waals surface area contributed by atoms with Gasteiger partial charge >= 0.3 is 0 Å². The Morgan fingerprint density at radius 3 is 2.51 bits per heavy atom. The zero-order valence-corrected chi connectivity index (χ0v) is 23.9. The summed E-state index contributed by atoms with van der Waals surface area (Å²) in [4.78, 5) is 27.8. The Kier molecular flexibility index (Phi) is 6.96. The van der Waals surface area contributed by atoms with Crippen molar-refractivity contribution in [2.45, 2.75) is 56.4 Å². The van der Waals surface area contributed by atoms with Gasteiger partial charge in [0, 0.05) is 33.6 Å². The first-order valence-electron chi connectivity index (χ1n) is 13.7. The van der Waals surface area contributed by atoms with E-state index in [9.17, 15) is 19.2 Å². The summed E-state index contributed by atoms with van der Waals surface area (Å²) in [6.45, 7) is 2.01. The number of benzene rings is 3. The van der Waals surface area contributed by atoms with Crippen LogP contribution in [0.1, 0.15) is 66.3 Å². The maximum atomic E-state index is 14.7. The standard InChI is InChI=1S/C32H28Cl2FN3O3/c1-18-4-7-21(35)14-22(18)29-32(24-8-5-20(34)13-26(24)37-30(32)40)25(15-28(39)38-29)23-12-19(33)6-9-27(23)41-17-31(16-36)10-2-3-11-31/h4-9,12-14,25,29H,2-3,10-11,15,17H2,1H3,(H,37,40)(H,38,39)/t25-,29+,32?/m1/s1. The minimum absolute atomic E-state index is 0.0412. The lowest BCUT2D eigenvalue weighted by Crippen LogP contribution is -2.57. The molecular weight excluding hydrogens is 564 g/mol. The van der Waals surface area contributed by atoms with E-state index in [2.05, 4.69) is 16.7 Å². The molecule has 0 radical (unpaired) electrons. The number of rotatable bonds is 5. The Balaban J connectivity index is 1.56. The van der Waals surface area contributed by atoms with Crippen LogP contribution in [0.25, 0.3) is 0 Å². The highest BCUT2D eigenvalue weighted by Gasteiger charge is 2.62. The second kappa shape index (κ2) is 10.3. The van der Waals surface area contributed by atoms with Gasteiger partial charge in [-0.1, -0.05) is 48.2 Å². The average molecular weight is 592 g/mol. The fraction of sp³-hybridized carbons (Fsp3) is 0.344. The van der Waals surface area contributed by atoms with Crippen molar-refractivity contribution in [3.8, 4) is 11.8 Å². The number of carbonyl (C=O) groups is 2. The number of nitriles is 1. The van der Waals surface area contributed by atoms with Crippen LogP contribution in [0.15, 0.2) is 54.6 Å². The monoisotopic (exact) mass is 591 g/mol. The Bertz CT molecular complexity index is 1610. The van der Waals surface area contributed by atoms with Crippen LogP contribution in [-0.4, -0.2) is 18.4 Å². The number of amides is 2. The molecule has 41 heavy (non-hydrogen) atoms. The topological polar surface area (TPSA) is 91.2 Å². The minimum atomic E-state index is -1.38. The molecule has 0 bridgehead atoms. The molecule has 1 saturated carbocycles. The molecule has 1 spiro atoms. The van der Waals surface area contributed by atoms with Gasteiger partial charge in [0.05, 0.1) is 17.5 Å². The Hall–Kier alpha value is -3.60. The smallest absolute Gasteiger partial charge is 0.238 e. The third-order valence-electron chi connectivity index (χ3n) is 8.95. The number of piperidine rings is 1. The summed E-state index contributed by atoms with van der Waals surface area (Å²) >= 11 is 12.8.